The van der Waals surface area contributed by atoms with Gasteiger partial charge in [0.25, 0.3) is 0 Å². The third-order valence-electron chi connectivity index (χ3n) is 3.56. The highest BCUT2D eigenvalue weighted by molar-refractivity contribution is 9.10. The van der Waals surface area contributed by atoms with Gasteiger partial charge in [-0.2, -0.15) is 0 Å². The topological polar surface area (TPSA) is 47.6 Å². The quantitative estimate of drug-likeness (QED) is 0.685. The van der Waals surface area contributed by atoms with Gasteiger partial charge in [0.15, 0.2) is 11.5 Å². The van der Waals surface area contributed by atoms with Crippen molar-refractivity contribution >= 4 is 21.8 Å². The highest BCUT2D eigenvalue weighted by Gasteiger charge is 2.08. The molecule has 0 saturated heterocycles. The number of methoxy groups -OCH3 is 1. The maximum atomic E-state index is 12.0. The minimum absolute atomic E-state index is 0.00611. The Morgan fingerprint density at radius 1 is 1.20 bits per heavy atom. The van der Waals surface area contributed by atoms with E-state index in [1.165, 1.54) is 0 Å². The second-order valence-electron chi connectivity index (χ2n) is 5.38. The molecule has 0 fully saturated rings. The summed E-state index contributed by atoms with van der Waals surface area (Å²) < 4.78 is 11.7. The summed E-state index contributed by atoms with van der Waals surface area (Å²) in [5.41, 5.74) is 2.06. The number of carbonyl (C=O) groups excluding carboxylic acids is 1. The van der Waals surface area contributed by atoms with E-state index in [1.807, 2.05) is 42.5 Å². The number of halogens is 1. The van der Waals surface area contributed by atoms with Crippen LogP contribution in [0.1, 0.15) is 17.5 Å². The summed E-state index contributed by atoms with van der Waals surface area (Å²) in [6.45, 7) is 0.703. The number of rotatable bonds is 8. The predicted octanol–water partition coefficient (Wildman–Crippen LogP) is 3.72. The van der Waals surface area contributed by atoms with Crippen molar-refractivity contribution in [1.29, 1.82) is 0 Å². The number of benzene rings is 2. The number of hydrogen-bond acceptors (Lipinski definition) is 3. The van der Waals surface area contributed by atoms with E-state index in [9.17, 15) is 4.79 Å². The van der Waals surface area contributed by atoms with Crippen LogP contribution in [0.2, 0.25) is 0 Å². The molecular weight excluding hydrogens is 382 g/mol. The maximum absolute atomic E-state index is 12.0. The first-order valence-electron chi connectivity index (χ1n) is 7.86. The van der Waals surface area contributed by atoms with E-state index in [2.05, 4.69) is 27.2 Å². The molecule has 0 aliphatic carbocycles. The van der Waals surface area contributed by atoms with Crippen molar-refractivity contribution in [3.63, 3.8) is 0 Å². The molecule has 4 nitrogen and oxygen atoms in total. The van der Waals surface area contributed by atoms with Crippen molar-refractivity contribution in [3.8, 4) is 23.8 Å². The number of carbonyl (C=O) groups is 1. The van der Waals surface area contributed by atoms with Gasteiger partial charge in [0.05, 0.1) is 7.11 Å². The zero-order chi connectivity index (χ0) is 18.1. The number of ether oxygens (including phenoxy) is 2. The monoisotopic (exact) mass is 401 g/mol. The first-order chi connectivity index (χ1) is 12.1. The van der Waals surface area contributed by atoms with Crippen molar-refractivity contribution in [1.82, 2.24) is 5.32 Å². The number of amides is 1. The normalized spacial score (nSPS) is 9.96. The molecule has 0 aromatic heterocycles. The van der Waals surface area contributed by atoms with Crippen molar-refractivity contribution in [3.05, 3.63) is 58.1 Å². The molecule has 0 aliphatic heterocycles. The molecule has 5 heteroatoms. The molecule has 1 amide bonds. The first kappa shape index (κ1) is 18.9. The summed E-state index contributed by atoms with van der Waals surface area (Å²) in [6.07, 6.45) is 6.22. The third kappa shape index (κ3) is 6.17. The molecule has 0 radical (unpaired) electrons. The largest absolute Gasteiger partial charge is 0.493 e. The SMILES string of the molecule is C#CCOc1ccc(CCC(=O)NCc2cccc(Br)c2)cc1OC. The minimum atomic E-state index is 0.00611. The Morgan fingerprint density at radius 3 is 2.76 bits per heavy atom. The second-order valence-corrected chi connectivity index (χ2v) is 6.30. The third-order valence-corrected chi connectivity index (χ3v) is 4.05. The molecule has 0 heterocycles. The highest BCUT2D eigenvalue weighted by Crippen LogP contribution is 2.28. The van der Waals surface area contributed by atoms with Crippen molar-refractivity contribution in [2.45, 2.75) is 19.4 Å². The van der Waals surface area contributed by atoms with E-state index >= 15 is 0 Å². The fourth-order valence-electron chi connectivity index (χ4n) is 2.30. The van der Waals surface area contributed by atoms with Gasteiger partial charge in [0.2, 0.25) is 5.91 Å². The van der Waals surface area contributed by atoms with Gasteiger partial charge in [0.1, 0.15) is 6.61 Å². The standard InChI is InChI=1S/C20H20BrNO3/c1-3-11-25-18-9-7-15(13-19(18)24-2)8-10-20(23)22-14-16-5-4-6-17(21)12-16/h1,4-7,9,12-13H,8,10-11,14H2,2H3,(H,22,23). The van der Waals surface area contributed by atoms with Crippen LogP contribution in [0.15, 0.2) is 46.9 Å². The fraction of sp³-hybridized carbons (Fsp3) is 0.250. The van der Waals surface area contributed by atoms with Crippen LogP contribution in [0.25, 0.3) is 0 Å². The number of aryl methyl sites for hydroxylation is 1. The van der Waals surface area contributed by atoms with Gasteiger partial charge in [-0.05, 0) is 41.8 Å². The Kier molecular flexibility index (Phi) is 7.36. The Labute approximate surface area is 156 Å². The Hall–Kier alpha value is -2.45. The molecule has 0 bridgehead atoms. The van der Waals surface area contributed by atoms with E-state index in [0.29, 0.717) is 30.9 Å². The van der Waals surface area contributed by atoms with Crippen LogP contribution >= 0.6 is 15.9 Å². The molecule has 0 spiro atoms. The van der Waals surface area contributed by atoms with Gasteiger partial charge in [-0.25, -0.2) is 0 Å². The van der Waals surface area contributed by atoms with Crippen molar-refractivity contribution in [2.75, 3.05) is 13.7 Å². The van der Waals surface area contributed by atoms with Crippen LogP contribution in [0.4, 0.5) is 0 Å². The van der Waals surface area contributed by atoms with Gasteiger partial charge in [-0.1, -0.05) is 40.0 Å². The Bertz CT molecular complexity index is 768. The molecule has 2 aromatic rings. The number of nitrogens with one attached hydrogen (secondary N) is 1. The highest BCUT2D eigenvalue weighted by atomic mass is 79.9. The lowest BCUT2D eigenvalue weighted by Gasteiger charge is -2.11. The zero-order valence-electron chi connectivity index (χ0n) is 14.0. The van der Waals surface area contributed by atoms with Crippen LogP contribution in [0.3, 0.4) is 0 Å². The molecule has 0 saturated carbocycles. The Morgan fingerprint density at radius 2 is 2.04 bits per heavy atom. The van der Waals surface area contributed by atoms with Crippen LogP contribution in [0, 0.1) is 12.3 Å². The first-order valence-corrected chi connectivity index (χ1v) is 8.66. The average Bonchev–Trinajstić information content (AvgIpc) is 2.63. The molecule has 2 rings (SSSR count). The zero-order valence-corrected chi connectivity index (χ0v) is 15.6. The van der Waals surface area contributed by atoms with E-state index in [4.69, 9.17) is 15.9 Å². The van der Waals surface area contributed by atoms with Gasteiger partial charge in [0, 0.05) is 17.4 Å². The lowest BCUT2D eigenvalue weighted by molar-refractivity contribution is -0.121. The van der Waals surface area contributed by atoms with Crippen LogP contribution in [-0.2, 0) is 17.8 Å². The second kappa shape index (κ2) is 9.75. The van der Waals surface area contributed by atoms with E-state index in [-0.39, 0.29) is 12.5 Å². The van der Waals surface area contributed by atoms with Crippen molar-refractivity contribution in [2.24, 2.45) is 0 Å². The molecule has 2 aromatic carbocycles. The van der Waals surface area contributed by atoms with E-state index in [0.717, 1.165) is 15.6 Å². The molecule has 25 heavy (non-hydrogen) atoms. The van der Waals surface area contributed by atoms with Crippen molar-refractivity contribution < 1.29 is 14.3 Å². The summed E-state index contributed by atoms with van der Waals surface area (Å²) in [4.78, 5) is 12.0. The lowest BCUT2D eigenvalue weighted by Crippen LogP contribution is -2.22. The molecule has 0 aliphatic rings. The van der Waals surface area contributed by atoms with E-state index in [1.54, 1.807) is 7.11 Å². The molecule has 0 unspecified atom stereocenters. The summed E-state index contributed by atoms with van der Waals surface area (Å²) in [6, 6.07) is 13.5. The molecule has 130 valence electrons. The van der Waals surface area contributed by atoms with Gasteiger partial charge >= 0.3 is 0 Å². The molecule has 1 N–H and O–H groups in total. The number of terminal acetylenes is 1. The van der Waals surface area contributed by atoms with Gasteiger partial charge < -0.3 is 14.8 Å². The van der Waals surface area contributed by atoms with E-state index < -0.39 is 0 Å². The summed E-state index contributed by atoms with van der Waals surface area (Å²) in [7, 11) is 1.58. The van der Waals surface area contributed by atoms with Gasteiger partial charge in [-0.3, -0.25) is 4.79 Å². The smallest absolute Gasteiger partial charge is 0.220 e. The van der Waals surface area contributed by atoms with Gasteiger partial charge in [-0.15, -0.1) is 6.42 Å². The predicted molar refractivity (Wildman–Crippen MR) is 102 cm³/mol. The van der Waals surface area contributed by atoms with Crippen LogP contribution in [-0.4, -0.2) is 19.6 Å². The summed E-state index contributed by atoms with van der Waals surface area (Å²) in [5.74, 6) is 3.64. The Balaban J connectivity index is 1.85. The summed E-state index contributed by atoms with van der Waals surface area (Å²) in [5, 5.41) is 2.93. The minimum Gasteiger partial charge on any atom is -0.493 e. The fourth-order valence-corrected chi connectivity index (χ4v) is 2.75. The maximum Gasteiger partial charge on any atom is 0.220 e. The number of hydrogen-bond donors (Lipinski definition) is 1. The average molecular weight is 402 g/mol. The lowest BCUT2D eigenvalue weighted by atomic mass is 10.1. The molecular formula is C20H20BrNO3. The van der Waals surface area contributed by atoms with Crippen LogP contribution in [0.5, 0.6) is 11.5 Å². The summed E-state index contributed by atoms with van der Waals surface area (Å²) >= 11 is 3.42. The van der Waals surface area contributed by atoms with Crippen LogP contribution < -0.4 is 14.8 Å². The molecule has 0 atom stereocenters.